The zero-order chi connectivity index (χ0) is 25.4. The number of ether oxygens (including phenoxy) is 1. The molecule has 0 bridgehead atoms. The lowest BCUT2D eigenvalue weighted by atomic mass is 9.79. The van der Waals surface area contributed by atoms with Crippen molar-refractivity contribution in [2.75, 3.05) is 13.7 Å². The normalized spacial score (nSPS) is 22.5. The molecule has 5 nitrogen and oxygen atoms in total. The summed E-state index contributed by atoms with van der Waals surface area (Å²) in [5, 5.41) is 0.0758. The molecule has 0 unspecified atom stereocenters. The van der Waals surface area contributed by atoms with Crippen LogP contribution in [-0.4, -0.2) is 50.4 Å². The highest BCUT2D eigenvalue weighted by atomic mass is 28.4. The van der Waals surface area contributed by atoms with Crippen LogP contribution in [0.4, 0.5) is 0 Å². The number of esters is 1. The molecule has 186 valence electrons. The van der Waals surface area contributed by atoms with Crippen molar-refractivity contribution in [3.63, 3.8) is 0 Å². The number of benzene rings is 2. The maximum Gasteiger partial charge on any atom is 0.308 e. The van der Waals surface area contributed by atoms with Crippen LogP contribution in [-0.2, 0) is 18.8 Å². The minimum absolute atomic E-state index is 0.0275. The Hall–Kier alpha value is -2.70. The van der Waals surface area contributed by atoms with E-state index in [2.05, 4.69) is 33.9 Å². The predicted octanol–water partition coefficient (Wildman–Crippen LogP) is 5.93. The highest BCUT2D eigenvalue weighted by molar-refractivity contribution is 6.74. The first-order valence-corrected chi connectivity index (χ1v) is 15.3. The molecular formula is C29H37NO4Si. The molecule has 2 atom stereocenters. The molecule has 1 saturated heterocycles. The van der Waals surface area contributed by atoms with Crippen molar-refractivity contribution in [1.29, 1.82) is 0 Å². The van der Waals surface area contributed by atoms with Gasteiger partial charge in [-0.15, -0.1) is 0 Å². The van der Waals surface area contributed by atoms with Crippen molar-refractivity contribution in [1.82, 2.24) is 4.90 Å². The zero-order valence-electron chi connectivity index (χ0n) is 21.8. The highest BCUT2D eigenvalue weighted by Crippen LogP contribution is 2.55. The first kappa shape index (κ1) is 25.4. The second-order valence-corrected chi connectivity index (χ2v) is 16.0. The number of nitrogens with zero attached hydrogens (tertiary/aromatic N) is 1. The molecule has 0 radical (unpaired) electrons. The van der Waals surface area contributed by atoms with Crippen LogP contribution in [0, 0.1) is 0 Å². The monoisotopic (exact) mass is 491 g/mol. The minimum atomic E-state index is -2.01. The molecule has 2 heterocycles. The zero-order valence-corrected chi connectivity index (χ0v) is 22.8. The third-order valence-corrected chi connectivity index (χ3v) is 12.6. The van der Waals surface area contributed by atoms with E-state index in [4.69, 9.17) is 9.16 Å². The van der Waals surface area contributed by atoms with Crippen molar-refractivity contribution >= 4 is 31.3 Å². The molecule has 2 aromatic rings. The molecule has 1 amide bonds. The van der Waals surface area contributed by atoms with Crippen LogP contribution in [0.5, 0.6) is 0 Å². The molecule has 0 saturated carbocycles. The first-order valence-electron chi connectivity index (χ1n) is 12.4. The lowest BCUT2D eigenvalue weighted by molar-refractivity contribution is -0.143. The summed E-state index contributed by atoms with van der Waals surface area (Å²) in [7, 11) is -0.593. The van der Waals surface area contributed by atoms with E-state index < -0.39 is 13.9 Å². The van der Waals surface area contributed by atoms with Crippen LogP contribution in [0.3, 0.4) is 0 Å². The van der Waals surface area contributed by atoms with Gasteiger partial charge in [0.2, 0.25) is 0 Å². The van der Waals surface area contributed by atoms with Crippen LogP contribution in [0.25, 0.3) is 11.1 Å². The smallest absolute Gasteiger partial charge is 0.308 e. The number of methoxy groups -OCH3 is 1. The van der Waals surface area contributed by atoms with Crippen molar-refractivity contribution in [3.8, 4) is 0 Å². The number of amides is 1. The van der Waals surface area contributed by atoms with Crippen molar-refractivity contribution in [3.05, 3.63) is 71.8 Å². The van der Waals surface area contributed by atoms with Gasteiger partial charge in [-0.3, -0.25) is 9.59 Å². The van der Waals surface area contributed by atoms with E-state index in [1.807, 2.05) is 65.6 Å². The molecule has 0 N–H and O–H groups in total. The van der Waals surface area contributed by atoms with Gasteiger partial charge in [0.25, 0.3) is 5.91 Å². The average molecular weight is 492 g/mol. The second kappa shape index (κ2) is 9.39. The molecule has 0 spiro atoms. The molecule has 1 fully saturated rings. The molecule has 4 rings (SSSR count). The number of hydrogen-bond donors (Lipinski definition) is 0. The van der Waals surface area contributed by atoms with Gasteiger partial charge < -0.3 is 14.1 Å². The van der Waals surface area contributed by atoms with E-state index in [9.17, 15) is 9.59 Å². The summed E-state index contributed by atoms with van der Waals surface area (Å²) in [6.45, 7) is 11.6. The van der Waals surface area contributed by atoms with Crippen molar-refractivity contribution in [2.45, 2.75) is 69.7 Å². The molecule has 2 aliphatic rings. The maximum absolute atomic E-state index is 14.2. The molecule has 35 heavy (non-hydrogen) atoms. The fraction of sp³-hybridized carbons (Fsp3) is 0.448. The summed E-state index contributed by atoms with van der Waals surface area (Å²) in [5.74, 6) is -0.336. The van der Waals surface area contributed by atoms with Crippen LogP contribution in [0.2, 0.25) is 18.1 Å². The Kier molecular flexibility index (Phi) is 6.82. The fourth-order valence-corrected chi connectivity index (χ4v) is 6.25. The van der Waals surface area contributed by atoms with Crippen LogP contribution >= 0.6 is 0 Å². The first-order chi connectivity index (χ1) is 16.5. The van der Waals surface area contributed by atoms with Gasteiger partial charge in [-0.05, 0) is 47.7 Å². The van der Waals surface area contributed by atoms with Crippen molar-refractivity contribution < 1.29 is 18.8 Å². The van der Waals surface area contributed by atoms with E-state index in [-0.39, 0.29) is 29.4 Å². The largest absolute Gasteiger partial charge is 0.469 e. The van der Waals surface area contributed by atoms with Gasteiger partial charge in [-0.25, -0.2) is 0 Å². The van der Waals surface area contributed by atoms with Crippen LogP contribution in [0.15, 0.2) is 60.7 Å². The van der Waals surface area contributed by atoms with E-state index in [1.165, 1.54) is 7.11 Å². The van der Waals surface area contributed by atoms with Crippen molar-refractivity contribution in [2.24, 2.45) is 0 Å². The lowest BCUT2D eigenvalue weighted by Crippen LogP contribution is -2.51. The Morgan fingerprint density at radius 3 is 2.14 bits per heavy atom. The van der Waals surface area contributed by atoms with E-state index >= 15 is 0 Å². The number of carbonyl (C=O) groups is 2. The fourth-order valence-electron chi connectivity index (χ4n) is 5.21. The van der Waals surface area contributed by atoms with E-state index in [1.54, 1.807) is 0 Å². The van der Waals surface area contributed by atoms with Gasteiger partial charge in [0, 0.05) is 0 Å². The van der Waals surface area contributed by atoms with Crippen LogP contribution in [0.1, 0.15) is 51.2 Å². The van der Waals surface area contributed by atoms with Gasteiger partial charge in [-0.2, -0.15) is 0 Å². The predicted molar refractivity (Wildman–Crippen MR) is 142 cm³/mol. The summed E-state index contributed by atoms with van der Waals surface area (Å²) >= 11 is 0. The standard InChI is InChI=1S/C29H37NO4Si/c1-28(2,3)35(5,6)34-20-23-17-18-29(19-24(31)33-4)26(22-15-11-8-12-16-22)25(27(32)30(23)29)21-13-9-7-10-14-21/h7-16,23H,17-20H2,1-6H3/t23-,29+/m0/s1. The lowest BCUT2D eigenvalue weighted by Gasteiger charge is -2.40. The minimum Gasteiger partial charge on any atom is -0.469 e. The number of rotatable bonds is 7. The van der Waals surface area contributed by atoms with Gasteiger partial charge in [0.05, 0.1) is 37.3 Å². The Morgan fingerprint density at radius 2 is 1.60 bits per heavy atom. The molecule has 2 aromatic carbocycles. The van der Waals surface area contributed by atoms with E-state index in [0.29, 0.717) is 18.6 Å². The summed E-state index contributed by atoms with van der Waals surface area (Å²) in [6, 6.07) is 19.7. The third-order valence-electron chi connectivity index (χ3n) is 8.10. The average Bonchev–Trinajstić information content (AvgIpc) is 3.30. The maximum atomic E-state index is 14.2. The summed E-state index contributed by atoms with van der Waals surface area (Å²) in [5.41, 5.74) is 2.70. The summed E-state index contributed by atoms with van der Waals surface area (Å²) in [6.07, 6.45) is 1.61. The molecular weight excluding hydrogens is 454 g/mol. The van der Waals surface area contributed by atoms with Gasteiger partial charge in [0.1, 0.15) is 0 Å². The van der Waals surface area contributed by atoms with E-state index in [0.717, 1.165) is 23.1 Å². The number of carbonyl (C=O) groups excluding carboxylic acids is 2. The topological polar surface area (TPSA) is 55.8 Å². The van der Waals surface area contributed by atoms with Crippen LogP contribution < -0.4 is 0 Å². The van der Waals surface area contributed by atoms with Gasteiger partial charge >= 0.3 is 5.97 Å². The second-order valence-electron chi connectivity index (χ2n) is 11.2. The Labute approximate surface area is 210 Å². The van der Waals surface area contributed by atoms with Gasteiger partial charge in [0.15, 0.2) is 8.32 Å². The molecule has 6 heteroatoms. The quantitative estimate of drug-likeness (QED) is 0.356. The molecule has 0 aromatic heterocycles. The SMILES string of the molecule is COC(=O)C[C@@]12CC[C@@H](CO[Si](C)(C)C(C)(C)C)N1C(=O)C(c1ccccc1)=C2c1ccccc1. The number of fused-ring (bicyclic) bond motifs is 1. The van der Waals surface area contributed by atoms with Gasteiger partial charge in [-0.1, -0.05) is 81.4 Å². The Morgan fingerprint density at radius 1 is 1.03 bits per heavy atom. The highest BCUT2D eigenvalue weighted by Gasteiger charge is 2.59. The third kappa shape index (κ3) is 4.50. The number of hydrogen-bond acceptors (Lipinski definition) is 4. The Bertz CT molecular complexity index is 1120. The summed E-state index contributed by atoms with van der Waals surface area (Å²) in [4.78, 5) is 29.0. The molecule has 2 aliphatic heterocycles. The molecule has 0 aliphatic carbocycles. The summed E-state index contributed by atoms with van der Waals surface area (Å²) < 4.78 is 11.7. The Balaban J connectivity index is 1.83.